The van der Waals surface area contributed by atoms with Crippen molar-refractivity contribution in [2.24, 2.45) is 0 Å². The predicted molar refractivity (Wildman–Crippen MR) is 85.8 cm³/mol. The monoisotopic (exact) mass is 325 g/mol. The molecule has 0 aliphatic carbocycles. The van der Waals surface area contributed by atoms with Gasteiger partial charge >= 0.3 is 0 Å². The van der Waals surface area contributed by atoms with Crippen molar-refractivity contribution in [1.29, 1.82) is 5.26 Å². The van der Waals surface area contributed by atoms with Gasteiger partial charge in [-0.2, -0.15) is 10.2 Å². The smallest absolute Gasteiger partial charge is 0.232 e. The Morgan fingerprint density at radius 2 is 2.04 bits per heavy atom. The van der Waals surface area contributed by atoms with Crippen molar-refractivity contribution in [2.75, 3.05) is 19.5 Å². The van der Waals surface area contributed by atoms with E-state index in [9.17, 15) is 5.26 Å². The van der Waals surface area contributed by atoms with E-state index in [-0.39, 0.29) is 5.69 Å². The highest BCUT2D eigenvalue weighted by Crippen LogP contribution is 2.33. The van der Waals surface area contributed by atoms with Crippen LogP contribution in [0.5, 0.6) is 11.5 Å². The Kier molecular flexibility index (Phi) is 4.38. The van der Waals surface area contributed by atoms with Gasteiger partial charge in [-0.15, -0.1) is 0 Å². The van der Waals surface area contributed by atoms with Gasteiger partial charge in [-0.05, 0) is 30.3 Å². The van der Waals surface area contributed by atoms with Crippen LogP contribution in [0.1, 0.15) is 11.5 Å². The summed E-state index contributed by atoms with van der Waals surface area (Å²) in [5.41, 5.74) is 0.849. The van der Waals surface area contributed by atoms with E-state index < -0.39 is 0 Å². The van der Waals surface area contributed by atoms with Crippen molar-refractivity contribution in [3.8, 4) is 29.0 Å². The number of anilines is 1. The van der Waals surface area contributed by atoms with E-state index in [0.717, 1.165) is 5.76 Å². The van der Waals surface area contributed by atoms with Crippen LogP contribution >= 0.6 is 0 Å². The third-order valence-corrected chi connectivity index (χ3v) is 3.37. The van der Waals surface area contributed by atoms with Crippen molar-refractivity contribution < 1.29 is 18.3 Å². The van der Waals surface area contributed by atoms with E-state index in [1.807, 2.05) is 12.1 Å². The Hall–Kier alpha value is -3.40. The quantitative estimate of drug-likeness (QED) is 0.742. The molecule has 0 spiro atoms. The molecule has 0 amide bonds. The van der Waals surface area contributed by atoms with E-state index >= 15 is 0 Å². The van der Waals surface area contributed by atoms with Crippen molar-refractivity contribution >= 4 is 5.88 Å². The number of ether oxygens (including phenoxy) is 2. The molecule has 2 heterocycles. The zero-order valence-electron chi connectivity index (χ0n) is 13.2. The summed E-state index contributed by atoms with van der Waals surface area (Å²) in [5.74, 6) is 2.48. The second kappa shape index (κ2) is 6.79. The van der Waals surface area contributed by atoms with Gasteiger partial charge in [0.05, 0.1) is 27.0 Å². The molecule has 0 radical (unpaired) electrons. The molecule has 0 unspecified atom stereocenters. The number of hydrogen-bond acceptors (Lipinski definition) is 7. The van der Waals surface area contributed by atoms with Crippen molar-refractivity contribution in [3.63, 3.8) is 0 Å². The molecule has 7 nitrogen and oxygen atoms in total. The molecule has 0 fully saturated rings. The van der Waals surface area contributed by atoms with Crippen LogP contribution in [-0.2, 0) is 6.54 Å². The van der Waals surface area contributed by atoms with Crippen LogP contribution in [0.4, 0.5) is 5.88 Å². The van der Waals surface area contributed by atoms with Gasteiger partial charge in [-0.3, -0.25) is 0 Å². The van der Waals surface area contributed by atoms with Crippen LogP contribution in [0.25, 0.3) is 11.5 Å². The lowest BCUT2D eigenvalue weighted by molar-refractivity contribution is 0.355. The normalized spacial score (nSPS) is 10.2. The third kappa shape index (κ3) is 3.03. The fraction of sp³-hybridized carbons (Fsp3) is 0.176. The first kappa shape index (κ1) is 15.5. The minimum Gasteiger partial charge on any atom is -0.493 e. The zero-order chi connectivity index (χ0) is 16.9. The van der Waals surface area contributed by atoms with Gasteiger partial charge in [-0.1, -0.05) is 0 Å². The van der Waals surface area contributed by atoms with Crippen LogP contribution in [0.3, 0.4) is 0 Å². The number of furan rings is 1. The SMILES string of the molecule is COc1ccc(-c2nc(C#N)c(NCc3ccco3)o2)cc1OC. The molecule has 1 N–H and O–H groups in total. The van der Waals surface area contributed by atoms with Crippen molar-refractivity contribution in [2.45, 2.75) is 6.54 Å². The standard InChI is InChI=1S/C17H15N3O4/c1-21-14-6-5-11(8-15(14)22-2)16-20-13(9-18)17(24-16)19-10-12-4-3-7-23-12/h3-8,19H,10H2,1-2H3. The van der Waals surface area contributed by atoms with E-state index in [2.05, 4.69) is 10.3 Å². The lowest BCUT2D eigenvalue weighted by Gasteiger charge is -2.07. The number of nitriles is 1. The van der Waals surface area contributed by atoms with E-state index in [4.69, 9.17) is 18.3 Å². The second-order valence-electron chi connectivity index (χ2n) is 4.81. The lowest BCUT2D eigenvalue weighted by Crippen LogP contribution is -1.98. The summed E-state index contributed by atoms with van der Waals surface area (Å²) in [4.78, 5) is 4.21. The highest BCUT2D eigenvalue weighted by molar-refractivity contribution is 5.63. The summed E-state index contributed by atoms with van der Waals surface area (Å²) in [6, 6.07) is 10.9. The van der Waals surface area contributed by atoms with E-state index in [0.29, 0.717) is 35.4 Å². The van der Waals surface area contributed by atoms with Crippen LogP contribution in [0, 0.1) is 11.3 Å². The first-order chi connectivity index (χ1) is 11.7. The summed E-state index contributed by atoms with van der Waals surface area (Å²) >= 11 is 0. The summed E-state index contributed by atoms with van der Waals surface area (Å²) in [6.45, 7) is 0.391. The average molecular weight is 325 g/mol. The van der Waals surface area contributed by atoms with Gasteiger partial charge in [0.2, 0.25) is 17.5 Å². The highest BCUT2D eigenvalue weighted by Gasteiger charge is 2.16. The molecule has 2 aromatic heterocycles. The number of methoxy groups -OCH3 is 2. The topological polar surface area (TPSA) is 93.5 Å². The highest BCUT2D eigenvalue weighted by atomic mass is 16.5. The maximum Gasteiger partial charge on any atom is 0.232 e. The number of hydrogen-bond donors (Lipinski definition) is 1. The molecule has 0 bridgehead atoms. The Balaban J connectivity index is 1.88. The number of aromatic nitrogens is 1. The fourth-order valence-electron chi connectivity index (χ4n) is 2.19. The minimum absolute atomic E-state index is 0.173. The number of oxazole rings is 1. The molecule has 24 heavy (non-hydrogen) atoms. The van der Waals surface area contributed by atoms with Gasteiger partial charge in [0.1, 0.15) is 11.8 Å². The fourth-order valence-corrected chi connectivity index (χ4v) is 2.19. The van der Waals surface area contributed by atoms with E-state index in [1.165, 1.54) is 0 Å². The number of nitrogens with zero attached hydrogens (tertiary/aromatic N) is 2. The van der Waals surface area contributed by atoms with Crippen LogP contribution < -0.4 is 14.8 Å². The van der Waals surface area contributed by atoms with Crippen LogP contribution in [0.15, 0.2) is 45.4 Å². The molecule has 3 aromatic rings. The first-order valence-electron chi connectivity index (χ1n) is 7.14. The summed E-state index contributed by atoms with van der Waals surface area (Å²) in [7, 11) is 3.11. The molecule has 1 aromatic carbocycles. The molecule has 0 aliphatic rings. The molecule has 0 atom stereocenters. The Bertz CT molecular complexity index is 863. The molecular weight excluding hydrogens is 310 g/mol. The third-order valence-electron chi connectivity index (χ3n) is 3.37. The first-order valence-corrected chi connectivity index (χ1v) is 7.14. The summed E-state index contributed by atoms with van der Waals surface area (Å²) in [6.07, 6.45) is 1.58. The summed E-state index contributed by atoms with van der Waals surface area (Å²) < 4.78 is 21.4. The number of nitrogens with one attached hydrogen (secondary N) is 1. The van der Waals surface area contributed by atoms with Crippen molar-refractivity contribution in [1.82, 2.24) is 4.98 Å². The lowest BCUT2D eigenvalue weighted by atomic mass is 10.2. The van der Waals surface area contributed by atoms with Crippen molar-refractivity contribution in [3.05, 3.63) is 48.0 Å². The van der Waals surface area contributed by atoms with Crippen LogP contribution in [0.2, 0.25) is 0 Å². The Morgan fingerprint density at radius 1 is 1.21 bits per heavy atom. The van der Waals surface area contributed by atoms with Gasteiger partial charge < -0.3 is 23.6 Å². The largest absolute Gasteiger partial charge is 0.493 e. The zero-order valence-corrected chi connectivity index (χ0v) is 13.2. The van der Waals surface area contributed by atoms with Crippen LogP contribution in [-0.4, -0.2) is 19.2 Å². The molecule has 0 saturated heterocycles. The molecular formula is C17H15N3O4. The average Bonchev–Trinajstić information content (AvgIpc) is 3.28. The molecule has 3 rings (SSSR count). The molecule has 0 aliphatic heterocycles. The molecule has 122 valence electrons. The van der Waals surface area contributed by atoms with Gasteiger partial charge in [0, 0.05) is 5.56 Å². The molecule has 0 saturated carbocycles. The maximum absolute atomic E-state index is 9.24. The van der Waals surface area contributed by atoms with Gasteiger partial charge in [0.15, 0.2) is 11.5 Å². The minimum atomic E-state index is 0.173. The van der Waals surface area contributed by atoms with Gasteiger partial charge in [0.25, 0.3) is 0 Å². The van der Waals surface area contributed by atoms with E-state index in [1.54, 1.807) is 44.7 Å². The number of rotatable bonds is 6. The van der Waals surface area contributed by atoms with Gasteiger partial charge in [-0.25, -0.2) is 0 Å². The summed E-state index contributed by atoms with van der Waals surface area (Å²) in [5, 5.41) is 12.2. The number of benzene rings is 1. The second-order valence-corrected chi connectivity index (χ2v) is 4.81. The Morgan fingerprint density at radius 3 is 2.71 bits per heavy atom. The predicted octanol–water partition coefficient (Wildman–Crippen LogP) is 3.44. The maximum atomic E-state index is 9.24. The Labute approximate surface area is 138 Å². The molecule has 7 heteroatoms.